The molecule has 7 nitrogen and oxygen atoms in total. The highest BCUT2D eigenvalue weighted by molar-refractivity contribution is 7.11. The van der Waals surface area contributed by atoms with Crippen LogP contribution in [-0.2, 0) is 17.6 Å². The Morgan fingerprint density at radius 2 is 2.00 bits per heavy atom. The Kier molecular flexibility index (Phi) is 5.55. The molecule has 0 radical (unpaired) electrons. The summed E-state index contributed by atoms with van der Waals surface area (Å²) >= 11 is 1.33. The van der Waals surface area contributed by atoms with E-state index in [0.717, 1.165) is 16.9 Å². The number of ether oxygens (including phenoxy) is 1. The molecule has 2 atom stereocenters. The van der Waals surface area contributed by atoms with E-state index in [-0.39, 0.29) is 24.1 Å². The number of thiazole rings is 1. The lowest BCUT2D eigenvalue weighted by atomic mass is 9.60. The summed E-state index contributed by atoms with van der Waals surface area (Å²) in [6, 6.07) is 6.25. The number of aromatic nitrogens is 3. The second-order valence-corrected chi connectivity index (χ2v) is 11.0. The molecule has 2 aliphatic rings. The molecule has 1 fully saturated rings. The molecular formula is C25H27FN4O3S. The number of hydrogen-bond donors (Lipinski definition) is 0. The summed E-state index contributed by atoms with van der Waals surface area (Å²) in [5, 5.41) is 6.84. The second-order valence-electron chi connectivity index (χ2n) is 10.1. The van der Waals surface area contributed by atoms with Crippen molar-refractivity contribution in [2.45, 2.75) is 45.6 Å². The lowest BCUT2D eigenvalue weighted by Gasteiger charge is -2.49. The lowest BCUT2D eigenvalue weighted by Crippen LogP contribution is -2.58. The lowest BCUT2D eigenvalue weighted by molar-refractivity contribution is -0.0103. The molecule has 178 valence electrons. The molecule has 34 heavy (non-hydrogen) atoms. The number of likely N-dealkylation sites (tertiary alicyclic amines) is 1. The first-order valence-corrected chi connectivity index (χ1v) is 12.3. The van der Waals surface area contributed by atoms with Gasteiger partial charge >= 0.3 is 6.09 Å². The minimum atomic E-state index is -0.795. The van der Waals surface area contributed by atoms with Crippen molar-refractivity contribution in [3.63, 3.8) is 0 Å². The third kappa shape index (κ3) is 4.02. The van der Waals surface area contributed by atoms with Gasteiger partial charge in [-0.15, -0.1) is 11.3 Å². The molecule has 3 aromatic rings. The van der Waals surface area contributed by atoms with Crippen LogP contribution in [0, 0.1) is 17.2 Å². The maximum absolute atomic E-state index is 13.9. The predicted molar refractivity (Wildman–Crippen MR) is 126 cm³/mol. The molecule has 0 saturated carbocycles. The smallest absolute Gasteiger partial charge is 0.410 e. The number of nitrogens with zero attached hydrogens (tertiary/aromatic N) is 4. The number of halogens is 1. The molecule has 1 saturated heterocycles. The molecule has 0 bridgehead atoms. The number of hydrogen-bond acceptors (Lipinski definition) is 6. The molecule has 5 rings (SSSR count). The van der Waals surface area contributed by atoms with Crippen molar-refractivity contribution in [1.82, 2.24) is 19.7 Å². The highest BCUT2D eigenvalue weighted by Gasteiger charge is 2.54. The molecule has 3 heterocycles. The molecule has 0 spiro atoms. The van der Waals surface area contributed by atoms with Gasteiger partial charge in [0.2, 0.25) is 0 Å². The summed E-state index contributed by atoms with van der Waals surface area (Å²) in [5.41, 5.74) is 1.38. The van der Waals surface area contributed by atoms with Gasteiger partial charge in [-0.25, -0.2) is 18.9 Å². The Bertz CT molecular complexity index is 1220. The van der Waals surface area contributed by atoms with Crippen LogP contribution in [0.3, 0.4) is 0 Å². The number of Topliss-reactive ketones (excluding diaryl/α,β-unsaturated/α-hetero) is 1. The summed E-state index contributed by atoms with van der Waals surface area (Å²) < 4.78 is 20.9. The van der Waals surface area contributed by atoms with Crippen LogP contribution in [0.1, 0.15) is 48.3 Å². The molecule has 0 unspecified atom stereocenters. The number of amides is 1. The normalized spacial score (nSPS) is 22.1. The maximum Gasteiger partial charge on any atom is 0.410 e. The van der Waals surface area contributed by atoms with Crippen molar-refractivity contribution in [1.29, 1.82) is 0 Å². The highest BCUT2D eigenvalue weighted by atomic mass is 32.1. The van der Waals surface area contributed by atoms with E-state index < -0.39 is 17.1 Å². The minimum absolute atomic E-state index is 0.0194. The number of fused-ring (bicyclic) bond motifs is 2. The van der Waals surface area contributed by atoms with Crippen LogP contribution in [0.4, 0.5) is 9.18 Å². The van der Waals surface area contributed by atoms with Gasteiger partial charge in [0, 0.05) is 30.4 Å². The summed E-state index contributed by atoms with van der Waals surface area (Å²) in [6.07, 6.45) is 4.81. The van der Waals surface area contributed by atoms with Crippen molar-refractivity contribution in [2.24, 2.45) is 11.3 Å². The fraction of sp³-hybridized carbons (Fsp3) is 0.440. The number of ketones is 1. The summed E-state index contributed by atoms with van der Waals surface area (Å²) in [4.78, 5) is 32.8. The molecular weight excluding hydrogens is 455 g/mol. The number of rotatable bonds is 3. The maximum atomic E-state index is 13.9. The first-order valence-electron chi connectivity index (χ1n) is 11.4. The van der Waals surface area contributed by atoms with Crippen LogP contribution in [-0.4, -0.2) is 50.2 Å². The largest absolute Gasteiger partial charge is 0.444 e. The fourth-order valence-corrected chi connectivity index (χ4v) is 5.84. The van der Waals surface area contributed by atoms with Gasteiger partial charge in [0.25, 0.3) is 0 Å². The molecule has 1 amide bonds. The topological polar surface area (TPSA) is 77.3 Å². The predicted octanol–water partition coefficient (Wildman–Crippen LogP) is 4.69. The third-order valence-corrected chi connectivity index (χ3v) is 7.48. The van der Waals surface area contributed by atoms with Gasteiger partial charge in [-0.2, -0.15) is 5.10 Å². The fourth-order valence-electron chi connectivity index (χ4n) is 5.15. The van der Waals surface area contributed by atoms with Crippen LogP contribution in [0.2, 0.25) is 0 Å². The van der Waals surface area contributed by atoms with E-state index in [1.165, 1.54) is 23.5 Å². The Labute approximate surface area is 201 Å². The van der Waals surface area contributed by atoms with Gasteiger partial charge in [-0.1, -0.05) is 0 Å². The Morgan fingerprint density at radius 3 is 2.68 bits per heavy atom. The summed E-state index contributed by atoms with van der Waals surface area (Å²) in [7, 11) is 0. The van der Waals surface area contributed by atoms with Gasteiger partial charge in [-0.05, 0) is 75.8 Å². The number of carbonyl (C=O) groups excluding carboxylic acids is 2. The number of piperidine rings is 1. The van der Waals surface area contributed by atoms with Crippen molar-refractivity contribution >= 4 is 23.2 Å². The molecule has 9 heteroatoms. The van der Waals surface area contributed by atoms with E-state index in [2.05, 4.69) is 10.1 Å². The quantitative estimate of drug-likeness (QED) is 0.506. The zero-order chi connectivity index (χ0) is 24.1. The van der Waals surface area contributed by atoms with E-state index in [9.17, 15) is 14.0 Å². The van der Waals surface area contributed by atoms with Gasteiger partial charge < -0.3 is 9.64 Å². The van der Waals surface area contributed by atoms with Gasteiger partial charge in [-0.3, -0.25) is 4.79 Å². The molecule has 0 N–H and O–H groups in total. The average Bonchev–Trinajstić information content (AvgIpc) is 3.46. The first-order chi connectivity index (χ1) is 16.2. The molecule has 1 aromatic carbocycles. The monoisotopic (exact) mass is 482 g/mol. The SMILES string of the molecule is CC(C)(C)OC(=O)N1CC[C@H]2Cc3c(cnn3-c3ccc(F)cc3)C[C@]2(C(=O)c2nccs2)C1. The van der Waals surface area contributed by atoms with E-state index in [4.69, 9.17) is 4.74 Å². The van der Waals surface area contributed by atoms with Crippen molar-refractivity contribution in [2.75, 3.05) is 13.1 Å². The molecule has 1 aliphatic carbocycles. The summed E-state index contributed by atoms with van der Waals surface area (Å²) in [5.74, 6) is -0.306. The van der Waals surface area contributed by atoms with E-state index in [1.807, 2.05) is 25.5 Å². The van der Waals surface area contributed by atoms with Crippen molar-refractivity contribution in [3.05, 3.63) is 64.1 Å². The van der Waals surface area contributed by atoms with Gasteiger partial charge in [0.1, 0.15) is 11.4 Å². The second kappa shape index (κ2) is 8.30. The van der Waals surface area contributed by atoms with Crippen LogP contribution in [0.5, 0.6) is 0 Å². The van der Waals surface area contributed by atoms with E-state index >= 15 is 0 Å². The molecule has 1 aliphatic heterocycles. The van der Waals surface area contributed by atoms with Crippen LogP contribution >= 0.6 is 11.3 Å². The number of carbonyl (C=O) groups is 2. The van der Waals surface area contributed by atoms with Crippen molar-refractivity contribution < 1.29 is 18.7 Å². The standard InChI is InChI=1S/C25H27FN4O3S/c1-24(2,3)33-23(32)29-10-8-17-12-20-16(14-28-30(20)19-6-4-18(26)5-7-19)13-25(17,15-29)21(31)22-27-9-11-34-22/h4-7,9,11,14,17H,8,10,12-13,15H2,1-3H3/t17-,25-/m0/s1. The van der Waals surface area contributed by atoms with Crippen molar-refractivity contribution in [3.8, 4) is 5.69 Å². The van der Waals surface area contributed by atoms with Gasteiger partial charge in [0.05, 0.1) is 17.3 Å². The van der Waals surface area contributed by atoms with Crippen LogP contribution < -0.4 is 0 Å². The Balaban J connectivity index is 1.52. The Morgan fingerprint density at radius 1 is 1.24 bits per heavy atom. The Hall–Kier alpha value is -3.07. The van der Waals surface area contributed by atoms with Gasteiger partial charge in [0.15, 0.2) is 10.8 Å². The first kappa shape index (κ1) is 22.7. The zero-order valence-electron chi connectivity index (χ0n) is 19.5. The zero-order valence-corrected chi connectivity index (χ0v) is 20.3. The molecule has 2 aromatic heterocycles. The average molecular weight is 483 g/mol. The third-order valence-electron chi connectivity index (χ3n) is 6.70. The van der Waals surface area contributed by atoms with E-state index in [1.54, 1.807) is 34.8 Å². The highest BCUT2D eigenvalue weighted by Crippen LogP contribution is 2.48. The number of benzene rings is 1. The van der Waals surface area contributed by atoms with Crippen LogP contribution in [0.25, 0.3) is 5.69 Å². The van der Waals surface area contributed by atoms with E-state index in [0.29, 0.717) is 30.8 Å². The van der Waals surface area contributed by atoms with Crippen LogP contribution in [0.15, 0.2) is 42.0 Å². The minimum Gasteiger partial charge on any atom is -0.444 e. The summed E-state index contributed by atoms with van der Waals surface area (Å²) in [6.45, 7) is 6.32.